The van der Waals surface area contributed by atoms with Crippen molar-refractivity contribution in [1.29, 1.82) is 0 Å². The highest BCUT2D eigenvalue weighted by molar-refractivity contribution is 5.88. The monoisotopic (exact) mass is 370 g/mol. The molecule has 0 saturated carbocycles. The number of nitrogens with zero attached hydrogens (tertiary/aromatic N) is 3. The predicted molar refractivity (Wildman–Crippen MR) is 95.5 cm³/mol. The quantitative estimate of drug-likeness (QED) is 0.856. The highest BCUT2D eigenvalue weighted by Crippen LogP contribution is 2.37. The first kappa shape index (κ1) is 17.4. The molecule has 1 aromatic carbocycles. The van der Waals surface area contributed by atoms with Gasteiger partial charge in [0.2, 0.25) is 5.91 Å². The van der Waals surface area contributed by atoms with Gasteiger partial charge in [-0.3, -0.25) is 9.59 Å². The molecule has 2 fully saturated rings. The van der Waals surface area contributed by atoms with Crippen LogP contribution in [0.4, 0.5) is 10.2 Å². The molecule has 2 aliphatic rings. The maximum atomic E-state index is 13.0. The van der Waals surface area contributed by atoms with Gasteiger partial charge in [-0.05, 0) is 49.2 Å². The largest absolute Gasteiger partial charge is 0.481 e. The summed E-state index contributed by atoms with van der Waals surface area (Å²) in [5.41, 5.74) is 0.771. The topological polar surface area (TPSA) is 95.4 Å². The molecule has 2 aliphatic heterocycles. The third kappa shape index (κ3) is 3.22. The highest BCUT2D eigenvalue weighted by Gasteiger charge is 2.51. The van der Waals surface area contributed by atoms with Gasteiger partial charge >= 0.3 is 5.97 Å². The number of piperidine rings is 1. The van der Waals surface area contributed by atoms with Gasteiger partial charge in [0.05, 0.1) is 17.2 Å². The van der Waals surface area contributed by atoms with Crippen LogP contribution in [0.2, 0.25) is 0 Å². The average molecular weight is 370 g/mol. The number of nitrogens with one attached hydrogen (secondary N) is 1. The Kier molecular flexibility index (Phi) is 4.25. The summed E-state index contributed by atoms with van der Waals surface area (Å²) in [6.07, 6.45) is 1.15. The Hall–Kier alpha value is -3.03. The third-order valence-electron chi connectivity index (χ3n) is 5.51. The van der Waals surface area contributed by atoms with Gasteiger partial charge in [0.25, 0.3) is 0 Å². The lowest BCUT2D eigenvalue weighted by molar-refractivity contribution is -0.144. The molecule has 1 spiro atoms. The Morgan fingerprint density at radius 3 is 2.44 bits per heavy atom. The van der Waals surface area contributed by atoms with E-state index in [1.165, 1.54) is 12.1 Å². The molecule has 27 heavy (non-hydrogen) atoms. The number of halogens is 1. The summed E-state index contributed by atoms with van der Waals surface area (Å²) in [6.45, 7) is 1.18. The van der Waals surface area contributed by atoms with Gasteiger partial charge in [-0.25, -0.2) is 4.39 Å². The van der Waals surface area contributed by atoms with Gasteiger partial charge in [0.1, 0.15) is 5.82 Å². The van der Waals surface area contributed by atoms with Crippen LogP contribution in [-0.4, -0.2) is 45.8 Å². The second-order valence-corrected chi connectivity index (χ2v) is 7.07. The predicted octanol–water partition coefficient (Wildman–Crippen LogP) is 1.84. The van der Waals surface area contributed by atoms with Crippen LogP contribution in [0.5, 0.6) is 0 Å². The lowest BCUT2D eigenvalue weighted by Gasteiger charge is -2.41. The maximum absolute atomic E-state index is 13.0. The molecule has 2 aromatic rings. The fourth-order valence-corrected chi connectivity index (χ4v) is 4.00. The number of hydrogen-bond acceptors (Lipinski definition) is 5. The molecule has 1 unspecified atom stereocenters. The van der Waals surface area contributed by atoms with E-state index in [4.69, 9.17) is 0 Å². The second-order valence-electron chi connectivity index (χ2n) is 7.07. The molecular weight excluding hydrogens is 351 g/mol. The van der Waals surface area contributed by atoms with Crippen LogP contribution in [0.1, 0.15) is 19.3 Å². The minimum absolute atomic E-state index is 0.0432. The van der Waals surface area contributed by atoms with Crippen LogP contribution >= 0.6 is 0 Å². The highest BCUT2D eigenvalue weighted by atomic mass is 19.1. The van der Waals surface area contributed by atoms with Crippen LogP contribution in [0.25, 0.3) is 11.3 Å². The van der Waals surface area contributed by atoms with Crippen LogP contribution in [0.3, 0.4) is 0 Å². The first-order chi connectivity index (χ1) is 13.0. The Balaban J connectivity index is 1.46. The number of amides is 1. The second kappa shape index (κ2) is 6.61. The van der Waals surface area contributed by atoms with Gasteiger partial charge in [-0.2, -0.15) is 0 Å². The van der Waals surface area contributed by atoms with E-state index in [1.54, 1.807) is 12.1 Å². The molecule has 4 rings (SSSR count). The van der Waals surface area contributed by atoms with Crippen LogP contribution in [-0.2, 0) is 9.59 Å². The zero-order chi connectivity index (χ0) is 19.0. The van der Waals surface area contributed by atoms with E-state index < -0.39 is 17.4 Å². The molecule has 2 N–H and O–H groups in total. The third-order valence-corrected chi connectivity index (χ3v) is 5.51. The maximum Gasteiger partial charge on any atom is 0.309 e. The first-order valence-corrected chi connectivity index (χ1v) is 8.85. The fraction of sp³-hybridized carbons (Fsp3) is 0.368. The number of carboxylic acid groups (broad SMARTS) is 1. The summed E-state index contributed by atoms with van der Waals surface area (Å²) in [5, 5.41) is 20.8. The minimum Gasteiger partial charge on any atom is -0.481 e. The SMILES string of the molecule is O=C1CC(C(=O)O)C2(CCN(c3ccc(-c4ccc(F)cc4)nn3)CC2)N1. The van der Waals surface area contributed by atoms with Gasteiger partial charge in [-0.1, -0.05) is 0 Å². The summed E-state index contributed by atoms with van der Waals surface area (Å²) < 4.78 is 13.0. The van der Waals surface area contributed by atoms with E-state index in [2.05, 4.69) is 15.5 Å². The molecular formula is C19H19FN4O3. The number of carbonyl (C=O) groups is 2. The van der Waals surface area contributed by atoms with E-state index in [9.17, 15) is 19.1 Å². The van der Waals surface area contributed by atoms with Gasteiger partial charge in [0, 0.05) is 25.1 Å². The number of anilines is 1. The minimum atomic E-state index is -0.926. The molecule has 3 heterocycles. The Morgan fingerprint density at radius 1 is 1.15 bits per heavy atom. The van der Waals surface area contributed by atoms with E-state index >= 15 is 0 Å². The normalized spacial score (nSPS) is 21.3. The van der Waals surface area contributed by atoms with Gasteiger partial charge in [-0.15, -0.1) is 10.2 Å². The molecule has 1 aromatic heterocycles. The fourth-order valence-electron chi connectivity index (χ4n) is 4.00. The molecule has 1 amide bonds. The van der Waals surface area contributed by atoms with Crippen LogP contribution in [0.15, 0.2) is 36.4 Å². The summed E-state index contributed by atoms with van der Waals surface area (Å²) in [5.74, 6) is -1.40. The Labute approximate surface area is 155 Å². The molecule has 140 valence electrons. The molecule has 7 nitrogen and oxygen atoms in total. The summed E-state index contributed by atoms with van der Waals surface area (Å²) in [7, 11) is 0. The van der Waals surface area contributed by atoms with E-state index in [-0.39, 0.29) is 18.1 Å². The molecule has 8 heteroatoms. The number of aliphatic carboxylic acids is 1. The van der Waals surface area contributed by atoms with Crippen molar-refractivity contribution in [2.45, 2.75) is 24.8 Å². The molecule has 0 bridgehead atoms. The molecule has 2 saturated heterocycles. The molecule has 0 radical (unpaired) electrons. The van der Waals surface area contributed by atoms with Crippen molar-refractivity contribution in [3.63, 3.8) is 0 Å². The van der Waals surface area contributed by atoms with Gasteiger partial charge in [0.15, 0.2) is 5.82 Å². The summed E-state index contributed by atoms with van der Waals surface area (Å²) >= 11 is 0. The summed E-state index contributed by atoms with van der Waals surface area (Å²) in [4.78, 5) is 25.3. The van der Waals surface area contributed by atoms with E-state index in [1.807, 2.05) is 17.0 Å². The number of carbonyl (C=O) groups excluding carboxylic acids is 1. The van der Waals surface area contributed by atoms with Crippen molar-refractivity contribution in [2.24, 2.45) is 5.92 Å². The van der Waals surface area contributed by atoms with Crippen molar-refractivity contribution in [3.8, 4) is 11.3 Å². The number of hydrogen-bond donors (Lipinski definition) is 2. The Morgan fingerprint density at radius 2 is 1.85 bits per heavy atom. The Bertz CT molecular complexity index is 862. The first-order valence-electron chi connectivity index (χ1n) is 8.85. The number of carboxylic acids is 1. The van der Waals surface area contributed by atoms with Crippen molar-refractivity contribution in [3.05, 3.63) is 42.2 Å². The molecule has 1 atom stereocenters. The standard InChI is InChI=1S/C19H19FN4O3/c20-13-3-1-12(2-4-13)15-5-6-16(23-22-15)24-9-7-19(8-10-24)14(18(26)27)11-17(25)21-19/h1-6,14H,7-11H2,(H,21,25)(H,26,27). The van der Waals surface area contributed by atoms with Crippen molar-refractivity contribution < 1.29 is 19.1 Å². The van der Waals surface area contributed by atoms with Crippen LogP contribution in [0, 0.1) is 11.7 Å². The van der Waals surface area contributed by atoms with Crippen molar-refractivity contribution in [2.75, 3.05) is 18.0 Å². The zero-order valence-corrected chi connectivity index (χ0v) is 14.6. The zero-order valence-electron chi connectivity index (χ0n) is 14.6. The van der Waals surface area contributed by atoms with Gasteiger partial charge < -0.3 is 15.3 Å². The van der Waals surface area contributed by atoms with Crippen LogP contribution < -0.4 is 10.2 Å². The van der Waals surface area contributed by atoms with Crippen molar-refractivity contribution in [1.82, 2.24) is 15.5 Å². The number of aromatic nitrogens is 2. The van der Waals surface area contributed by atoms with E-state index in [0.717, 1.165) is 5.56 Å². The number of rotatable bonds is 3. The smallest absolute Gasteiger partial charge is 0.309 e. The molecule has 0 aliphatic carbocycles. The summed E-state index contributed by atoms with van der Waals surface area (Å²) in [6, 6.07) is 9.74. The average Bonchev–Trinajstić information content (AvgIpc) is 2.99. The van der Waals surface area contributed by atoms with Crippen molar-refractivity contribution >= 4 is 17.7 Å². The number of benzene rings is 1. The lowest BCUT2D eigenvalue weighted by atomic mass is 9.78. The van der Waals surface area contributed by atoms with E-state index in [0.29, 0.717) is 37.4 Å². The lowest BCUT2D eigenvalue weighted by Crippen LogP contribution is -2.55.